The number of carbonyl (C=O) groups is 3. The average Bonchev–Trinajstić information content (AvgIpc) is 2.96. The van der Waals surface area contributed by atoms with Gasteiger partial charge in [0, 0.05) is 5.56 Å². The van der Waals surface area contributed by atoms with E-state index in [-0.39, 0.29) is 18.6 Å². The number of fused-ring (bicyclic) bond motifs is 1. The zero-order valence-corrected chi connectivity index (χ0v) is 19.6. The number of benzene rings is 3. The normalized spacial score (nSPS) is 26.8. The monoisotopic (exact) mass is 504 g/mol. The van der Waals surface area contributed by atoms with Crippen molar-refractivity contribution in [2.75, 3.05) is 6.61 Å². The minimum absolute atomic E-state index is 0.0572. The maximum absolute atomic E-state index is 13.1. The van der Waals surface area contributed by atoms with Gasteiger partial charge in [0.15, 0.2) is 12.4 Å². The number of rotatable bonds is 7. The molecule has 37 heavy (non-hydrogen) atoms. The molecule has 2 aliphatic heterocycles. The van der Waals surface area contributed by atoms with Crippen LogP contribution in [0.1, 0.15) is 32.6 Å². The van der Waals surface area contributed by atoms with Crippen molar-refractivity contribution in [2.24, 2.45) is 0 Å². The first kappa shape index (κ1) is 24.6. The molecular formula is C28H24O9. The van der Waals surface area contributed by atoms with Crippen LogP contribution in [0.2, 0.25) is 0 Å². The molecule has 0 spiro atoms. The molecule has 0 aromatic heterocycles. The van der Waals surface area contributed by atoms with E-state index in [4.69, 9.17) is 28.4 Å². The summed E-state index contributed by atoms with van der Waals surface area (Å²) in [5.41, 5.74) is 1.30. The lowest BCUT2D eigenvalue weighted by Crippen LogP contribution is -2.64. The van der Waals surface area contributed by atoms with Gasteiger partial charge < -0.3 is 28.4 Å². The van der Waals surface area contributed by atoms with E-state index in [2.05, 4.69) is 0 Å². The van der Waals surface area contributed by atoms with Crippen molar-refractivity contribution in [3.63, 3.8) is 0 Å². The molecule has 2 fully saturated rings. The van der Waals surface area contributed by atoms with E-state index in [0.29, 0.717) is 5.56 Å². The lowest BCUT2D eigenvalue weighted by Gasteiger charge is -2.47. The average molecular weight is 504 g/mol. The van der Waals surface area contributed by atoms with Gasteiger partial charge in [0.1, 0.15) is 12.2 Å². The lowest BCUT2D eigenvalue weighted by molar-refractivity contribution is -0.352. The van der Waals surface area contributed by atoms with Crippen molar-refractivity contribution in [2.45, 2.75) is 37.0 Å². The number of ether oxygens (including phenoxy) is 6. The van der Waals surface area contributed by atoms with Gasteiger partial charge in [-0.25, -0.2) is 9.59 Å². The smallest absolute Gasteiger partial charge is 0.338 e. The third kappa shape index (κ3) is 5.54. The van der Waals surface area contributed by atoms with Gasteiger partial charge in [-0.1, -0.05) is 66.7 Å². The van der Waals surface area contributed by atoms with Crippen molar-refractivity contribution in [3.8, 4) is 0 Å². The number of hydrogen-bond acceptors (Lipinski definition) is 9. The summed E-state index contributed by atoms with van der Waals surface area (Å²) in [4.78, 5) is 37.4. The van der Waals surface area contributed by atoms with Gasteiger partial charge in [0.05, 0.1) is 17.7 Å². The SMILES string of the molecule is O=CO[C@@H]1O[C@@H]2CO[C@@H](c3ccccc3)O[C@H]2[C@H](OC(=O)c2ccccc2)[C@H]1OC(=O)c1ccccc1. The minimum Gasteiger partial charge on any atom is -0.452 e. The summed E-state index contributed by atoms with van der Waals surface area (Å²) in [6, 6.07) is 25.9. The molecule has 0 N–H and O–H groups in total. The first-order valence-corrected chi connectivity index (χ1v) is 11.7. The van der Waals surface area contributed by atoms with Crippen molar-refractivity contribution in [1.82, 2.24) is 0 Å². The topological polar surface area (TPSA) is 107 Å². The van der Waals surface area contributed by atoms with Crippen LogP contribution in [0.15, 0.2) is 91.0 Å². The largest absolute Gasteiger partial charge is 0.452 e. The summed E-state index contributed by atoms with van der Waals surface area (Å²) >= 11 is 0. The summed E-state index contributed by atoms with van der Waals surface area (Å²) in [6.07, 6.45) is -6.31. The molecule has 0 bridgehead atoms. The van der Waals surface area contributed by atoms with Gasteiger partial charge in [-0.15, -0.1) is 0 Å². The highest BCUT2D eigenvalue weighted by Crippen LogP contribution is 2.37. The summed E-state index contributed by atoms with van der Waals surface area (Å²) in [6.45, 7) is 0.240. The molecule has 9 nitrogen and oxygen atoms in total. The fourth-order valence-electron chi connectivity index (χ4n) is 4.28. The van der Waals surface area contributed by atoms with Gasteiger partial charge in [-0.3, -0.25) is 4.79 Å². The highest BCUT2D eigenvalue weighted by molar-refractivity contribution is 5.90. The Morgan fingerprint density at radius 2 is 1.27 bits per heavy atom. The first-order chi connectivity index (χ1) is 18.1. The Morgan fingerprint density at radius 3 is 1.84 bits per heavy atom. The van der Waals surface area contributed by atoms with Crippen molar-refractivity contribution in [1.29, 1.82) is 0 Å². The molecule has 2 saturated heterocycles. The van der Waals surface area contributed by atoms with Crippen molar-refractivity contribution in [3.05, 3.63) is 108 Å². The Kier molecular flexibility index (Phi) is 7.55. The predicted octanol–water partition coefficient (Wildman–Crippen LogP) is 3.45. The quantitative estimate of drug-likeness (QED) is 0.272. The third-order valence-electron chi connectivity index (χ3n) is 6.05. The van der Waals surface area contributed by atoms with Crippen molar-refractivity contribution >= 4 is 18.4 Å². The van der Waals surface area contributed by atoms with Crippen LogP contribution in [0.4, 0.5) is 0 Å². The summed E-state index contributed by atoms with van der Waals surface area (Å²) in [7, 11) is 0. The van der Waals surface area contributed by atoms with Gasteiger partial charge in [0.25, 0.3) is 6.47 Å². The fourth-order valence-corrected chi connectivity index (χ4v) is 4.28. The standard InChI is InChI=1S/C28H24O9/c29-17-33-28-24(36-26(31)19-12-6-2-7-13-19)23(35-25(30)18-10-4-1-5-11-18)22-21(34-28)16-32-27(37-22)20-14-8-3-9-15-20/h1-15,17,21-24,27-28H,16H2/t21-,22-,23+,24-,27-,28-/m1/s1. The Hall–Kier alpha value is -4.05. The second-order valence-corrected chi connectivity index (χ2v) is 8.42. The molecule has 0 aliphatic carbocycles. The van der Waals surface area contributed by atoms with Gasteiger partial charge in [-0.2, -0.15) is 0 Å². The van der Waals surface area contributed by atoms with Crippen LogP contribution in [0.25, 0.3) is 0 Å². The predicted molar refractivity (Wildman–Crippen MR) is 127 cm³/mol. The summed E-state index contributed by atoms with van der Waals surface area (Å²) in [5, 5.41) is 0. The van der Waals surface area contributed by atoms with Gasteiger partial charge >= 0.3 is 11.9 Å². The third-order valence-corrected chi connectivity index (χ3v) is 6.05. The van der Waals surface area contributed by atoms with Gasteiger partial charge in [-0.05, 0) is 24.3 Å². The lowest BCUT2D eigenvalue weighted by atomic mass is 9.97. The van der Waals surface area contributed by atoms with E-state index in [9.17, 15) is 14.4 Å². The molecular weight excluding hydrogens is 480 g/mol. The Morgan fingerprint density at radius 1 is 0.730 bits per heavy atom. The highest BCUT2D eigenvalue weighted by Gasteiger charge is 2.55. The molecule has 0 saturated carbocycles. The summed E-state index contributed by atoms with van der Waals surface area (Å²) < 4.78 is 34.7. The van der Waals surface area contributed by atoms with Crippen LogP contribution in [0.5, 0.6) is 0 Å². The zero-order chi connectivity index (χ0) is 25.6. The van der Waals surface area contributed by atoms with E-state index >= 15 is 0 Å². The second kappa shape index (κ2) is 11.3. The van der Waals surface area contributed by atoms with E-state index in [1.54, 1.807) is 60.7 Å². The Bertz CT molecular complexity index is 1200. The maximum Gasteiger partial charge on any atom is 0.338 e. The number of hydrogen-bond donors (Lipinski definition) is 0. The highest BCUT2D eigenvalue weighted by atomic mass is 16.8. The molecule has 9 heteroatoms. The van der Waals surface area contributed by atoms with Crippen LogP contribution >= 0.6 is 0 Å². The molecule has 0 unspecified atom stereocenters. The number of esters is 2. The Labute approximate surface area is 212 Å². The van der Waals surface area contributed by atoms with E-state index < -0.39 is 48.9 Å². The second-order valence-electron chi connectivity index (χ2n) is 8.42. The molecule has 5 rings (SSSR count). The molecule has 3 aromatic carbocycles. The van der Waals surface area contributed by atoms with Crippen LogP contribution < -0.4 is 0 Å². The molecule has 190 valence electrons. The van der Waals surface area contributed by atoms with E-state index in [1.807, 2.05) is 30.3 Å². The van der Waals surface area contributed by atoms with Crippen molar-refractivity contribution < 1.29 is 42.8 Å². The van der Waals surface area contributed by atoms with Gasteiger partial charge in [0.2, 0.25) is 12.4 Å². The maximum atomic E-state index is 13.1. The van der Waals surface area contributed by atoms with Crippen LogP contribution in [-0.2, 0) is 33.2 Å². The van der Waals surface area contributed by atoms with Crippen LogP contribution in [0, 0.1) is 0 Å². The molecule has 2 heterocycles. The zero-order valence-electron chi connectivity index (χ0n) is 19.6. The molecule has 0 radical (unpaired) electrons. The van der Waals surface area contributed by atoms with Crippen LogP contribution in [-0.4, -0.2) is 55.7 Å². The molecule has 2 aliphatic rings. The summed E-state index contributed by atoms with van der Waals surface area (Å²) in [5.74, 6) is -1.37. The molecule has 0 amide bonds. The van der Waals surface area contributed by atoms with E-state index in [0.717, 1.165) is 5.56 Å². The fraction of sp³-hybridized carbons (Fsp3) is 0.250. The number of carbonyl (C=O) groups excluding carboxylic acids is 3. The Balaban J connectivity index is 1.47. The van der Waals surface area contributed by atoms with Crippen LogP contribution in [0.3, 0.4) is 0 Å². The first-order valence-electron chi connectivity index (χ1n) is 11.7. The van der Waals surface area contributed by atoms with E-state index in [1.165, 1.54) is 0 Å². The minimum atomic E-state index is -1.36. The molecule has 3 aromatic rings. The molecule has 6 atom stereocenters.